The molecular formula is C24H27N5O3. The van der Waals surface area contributed by atoms with Gasteiger partial charge < -0.3 is 15.0 Å². The molecule has 0 fully saturated rings. The van der Waals surface area contributed by atoms with Gasteiger partial charge in [0.25, 0.3) is 11.8 Å². The van der Waals surface area contributed by atoms with Gasteiger partial charge >= 0.3 is 0 Å². The fraction of sp³-hybridized carbons (Fsp3) is 0.333. The summed E-state index contributed by atoms with van der Waals surface area (Å²) in [5.41, 5.74) is 1.70. The van der Waals surface area contributed by atoms with Crippen LogP contribution in [0, 0.1) is 0 Å². The van der Waals surface area contributed by atoms with Crippen molar-refractivity contribution in [2.45, 2.75) is 38.3 Å². The molecule has 3 heterocycles. The molecule has 2 aliphatic rings. The highest BCUT2D eigenvalue weighted by Crippen LogP contribution is 2.31. The molecule has 1 aromatic carbocycles. The molecule has 0 saturated heterocycles. The number of aromatic nitrogens is 3. The molecule has 2 aliphatic heterocycles. The fourth-order valence-electron chi connectivity index (χ4n) is 4.13. The Morgan fingerprint density at radius 2 is 2.09 bits per heavy atom. The summed E-state index contributed by atoms with van der Waals surface area (Å²) in [6, 6.07) is 9.25. The van der Waals surface area contributed by atoms with Crippen molar-refractivity contribution in [3.05, 3.63) is 83.8 Å². The van der Waals surface area contributed by atoms with Gasteiger partial charge in [0.1, 0.15) is 24.2 Å². The zero-order valence-electron chi connectivity index (χ0n) is 18.3. The maximum absolute atomic E-state index is 13.0. The third kappa shape index (κ3) is 4.08. The van der Waals surface area contributed by atoms with Gasteiger partial charge in [-0.15, -0.1) is 5.10 Å². The van der Waals surface area contributed by atoms with Crippen LogP contribution in [-0.4, -0.2) is 51.2 Å². The monoisotopic (exact) mass is 433 g/mol. The van der Waals surface area contributed by atoms with E-state index in [9.17, 15) is 9.59 Å². The Hall–Kier alpha value is -3.68. The third-order valence-corrected chi connectivity index (χ3v) is 5.74. The van der Waals surface area contributed by atoms with Crippen LogP contribution in [0.1, 0.15) is 47.7 Å². The molecule has 0 saturated carbocycles. The van der Waals surface area contributed by atoms with Crippen molar-refractivity contribution in [2.75, 3.05) is 13.7 Å². The van der Waals surface area contributed by atoms with Crippen LogP contribution in [0.5, 0.6) is 0 Å². The van der Waals surface area contributed by atoms with Crippen molar-refractivity contribution < 1.29 is 14.3 Å². The van der Waals surface area contributed by atoms with E-state index < -0.39 is 11.9 Å². The summed E-state index contributed by atoms with van der Waals surface area (Å²) in [5, 5.41) is 7.17. The zero-order chi connectivity index (χ0) is 22.7. The zero-order valence-corrected chi connectivity index (χ0v) is 18.3. The largest absolute Gasteiger partial charge is 0.489 e. The molecule has 2 amide bonds. The van der Waals surface area contributed by atoms with E-state index in [0.717, 1.165) is 24.2 Å². The Labute approximate surface area is 187 Å². The van der Waals surface area contributed by atoms with Crippen LogP contribution in [0.2, 0.25) is 0 Å². The number of amides is 2. The predicted molar refractivity (Wildman–Crippen MR) is 120 cm³/mol. The highest BCUT2D eigenvalue weighted by atomic mass is 16.5. The predicted octanol–water partition coefficient (Wildman–Crippen LogP) is 2.76. The molecule has 8 heteroatoms. The van der Waals surface area contributed by atoms with Gasteiger partial charge in [0.2, 0.25) is 5.82 Å². The van der Waals surface area contributed by atoms with Gasteiger partial charge in [-0.25, -0.2) is 9.67 Å². The molecule has 1 aromatic heterocycles. The van der Waals surface area contributed by atoms with Crippen molar-refractivity contribution in [3.63, 3.8) is 0 Å². The number of hydrogen-bond acceptors (Lipinski definition) is 5. The maximum atomic E-state index is 13.0. The Morgan fingerprint density at radius 3 is 2.81 bits per heavy atom. The van der Waals surface area contributed by atoms with Gasteiger partial charge in [0.05, 0.1) is 5.70 Å². The van der Waals surface area contributed by atoms with E-state index in [1.807, 2.05) is 31.2 Å². The molecule has 4 rings (SSSR count). The van der Waals surface area contributed by atoms with Gasteiger partial charge in [-0.2, -0.15) is 0 Å². The third-order valence-electron chi connectivity index (χ3n) is 5.74. The summed E-state index contributed by atoms with van der Waals surface area (Å²) in [6.45, 7) is 6.35. The SMILES string of the molecule is C=CC1=C(/C=C\C)OC[C@H](NC(=O)c2nc3n(n2)CCCC3c2ccccc2)C(=O)N1C. The number of ether oxygens (including phenoxy) is 1. The van der Waals surface area contributed by atoms with E-state index >= 15 is 0 Å². The van der Waals surface area contributed by atoms with E-state index in [1.165, 1.54) is 4.90 Å². The quantitative estimate of drug-likeness (QED) is 0.783. The molecule has 1 N–H and O–H groups in total. The molecule has 1 unspecified atom stereocenters. The van der Waals surface area contributed by atoms with Crippen LogP contribution < -0.4 is 5.32 Å². The topological polar surface area (TPSA) is 89.3 Å². The standard InChI is InChI=1S/C24H27N5O3/c1-4-10-20-19(5-2)28(3)24(31)18(15-32-20)25-23(30)21-26-22-17(13-9-14-29(22)27-21)16-11-7-6-8-12-16/h4-8,10-12,17-18H,2,9,13-15H2,1,3H3,(H,25,30)/b10-4-/t17?,18-/m0/s1. The van der Waals surface area contributed by atoms with Crippen LogP contribution in [0.4, 0.5) is 0 Å². The van der Waals surface area contributed by atoms with Crippen LogP contribution >= 0.6 is 0 Å². The van der Waals surface area contributed by atoms with Gasteiger partial charge in [-0.05, 0) is 37.5 Å². The molecule has 2 aromatic rings. The number of fused-ring (bicyclic) bond motifs is 1. The summed E-state index contributed by atoms with van der Waals surface area (Å²) in [4.78, 5) is 31.9. The minimum Gasteiger partial charge on any atom is -0.489 e. The van der Waals surface area contributed by atoms with E-state index in [2.05, 4.69) is 34.1 Å². The Balaban J connectivity index is 1.54. The highest BCUT2D eigenvalue weighted by molar-refractivity contribution is 5.95. The molecule has 166 valence electrons. The lowest BCUT2D eigenvalue weighted by atomic mass is 9.91. The lowest BCUT2D eigenvalue weighted by Crippen LogP contribution is -2.48. The Morgan fingerprint density at radius 1 is 1.31 bits per heavy atom. The number of hydrogen-bond donors (Lipinski definition) is 1. The summed E-state index contributed by atoms with van der Waals surface area (Å²) < 4.78 is 7.59. The number of aryl methyl sites for hydroxylation is 1. The average Bonchev–Trinajstić information content (AvgIpc) is 3.22. The number of nitrogens with one attached hydrogen (secondary N) is 1. The number of allylic oxidation sites excluding steroid dienone is 3. The molecule has 0 spiro atoms. The van der Waals surface area contributed by atoms with Crippen LogP contribution in [0.25, 0.3) is 0 Å². The number of carbonyl (C=O) groups is 2. The number of likely N-dealkylation sites (N-methyl/N-ethyl adjacent to an activating group) is 1. The van der Waals surface area contributed by atoms with E-state index in [4.69, 9.17) is 4.74 Å². The summed E-state index contributed by atoms with van der Waals surface area (Å²) in [6.07, 6.45) is 7.05. The molecule has 0 radical (unpaired) electrons. The van der Waals surface area contributed by atoms with E-state index in [-0.39, 0.29) is 24.3 Å². The number of carbonyl (C=O) groups excluding carboxylic acids is 2. The smallest absolute Gasteiger partial charge is 0.291 e. The molecule has 0 aliphatic carbocycles. The van der Waals surface area contributed by atoms with Crippen molar-refractivity contribution in [2.24, 2.45) is 0 Å². The highest BCUT2D eigenvalue weighted by Gasteiger charge is 2.33. The molecule has 2 atom stereocenters. The van der Waals surface area contributed by atoms with Crippen LogP contribution in [0.15, 0.2) is 66.6 Å². The van der Waals surface area contributed by atoms with Crippen molar-refractivity contribution in [1.29, 1.82) is 0 Å². The summed E-state index contributed by atoms with van der Waals surface area (Å²) in [7, 11) is 1.63. The lowest BCUT2D eigenvalue weighted by Gasteiger charge is -2.22. The minimum absolute atomic E-state index is 0.00608. The van der Waals surface area contributed by atoms with Crippen LogP contribution in [0.3, 0.4) is 0 Å². The van der Waals surface area contributed by atoms with Crippen molar-refractivity contribution in [3.8, 4) is 0 Å². The van der Waals surface area contributed by atoms with Gasteiger partial charge in [-0.1, -0.05) is 43.0 Å². The van der Waals surface area contributed by atoms with Crippen molar-refractivity contribution in [1.82, 2.24) is 25.0 Å². The van der Waals surface area contributed by atoms with Gasteiger partial charge in [0, 0.05) is 19.5 Å². The summed E-state index contributed by atoms with van der Waals surface area (Å²) >= 11 is 0. The first-order valence-corrected chi connectivity index (χ1v) is 10.7. The number of nitrogens with zero attached hydrogens (tertiary/aromatic N) is 4. The average molecular weight is 434 g/mol. The van der Waals surface area contributed by atoms with Gasteiger partial charge in [0.15, 0.2) is 0 Å². The first-order chi connectivity index (χ1) is 15.5. The second-order valence-electron chi connectivity index (χ2n) is 7.81. The first-order valence-electron chi connectivity index (χ1n) is 10.7. The lowest BCUT2D eigenvalue weighted by molar-refractivity contribution is -0.130. The Bertz CT molecular complexity index is 1090. The maximum Gasteiger partial charge on any atom is 0.291 e. The number of rotatable bonds is 5. The minimum atomic E-state index is -0.865. The Kier molecular flexibility index (Phi) is 6.20. The summed E-state index contributed by atoms with van der Waals surface area (Å²) in [5.74, 6) is 0.668. The molecular weight excluding hydrogens is 406 g/mol. The second kappa shape index (κ2) is 9.21. The number of benzene rings is 1. The van der Waals surface area contributed by atoms with Crippen LogP contribution in [-0.2, 0) is 16.1 Å². The van der Waals surface area contributed by atoms with Crippen molar-refractivity contribution >= 4 is 11.8 Å². The normalized spacial score (nSPS) is 21.2. The fourth-order valence-corrected chi connectivity index (χ4v) is 4.13. The molecule has 8 nitrogen and oxygen atoms in total. The van der Waals surface area contributed by atoms with E-state index in [0.29, 0.717) is 18.0 Å². The molecule has 0 bridgehead atoms. The van der Waals surface area contributed by atoms with Gasteiger partial charge in [-0.3, -0.25) is 9.59 Å². The van der Waals surface area contributed by atoms with E-state index in [1.54, 1.807) is 23.9 Å². The second-order valence-corrected chi connectivity index (χ2v) is 7.81. The molecule has 32 heavy (non-hydrogen) atoms. The first kappa shape index (κ1) is 21.5.